The summed E-state index contributed by atoms with van der Waals surface area (Å²) in [6.07, 6.45) is 5.12. The Morgan fingerprint density at radius 3 is 2.68 bits per heavy atom. The zero-order valence-corrected chi connectivity index (χ0v) is 14.4. The van der Waals surface area contributed by atoms with Gasteiger partial charge in [-0.3, -0.25) is 9.78 Å². The van der Waals surface area contributed by atoms with Crippen molar-refractivity contribution in [1.82, 2.24) is 10.3 Å². The first-order valence-electron chi connectivity index (χ1n) is 8.24. The lowest BCUT2D eigenvalue weighted by atomic mass is 9.92. The van der Waals surface area contributed by atoms with Crippen molar-refractivity contribution in [2.24, 2.45) is 0 Å². The normalized spacial score (nSPS) is 19.7. The van der Waals surface area contributed by atoms with Crippen LogP contribution in [0.25, 0.3) is 0 Å². The van der Waals surface area contributed by atoms with Crippen molar-refractivity contribution in [3.63, 3.8) is 0 Å². The highest BCUT2D eigenvalue weighted by molar-refractivity contribution is 6.31. The molecule has 128 valence electrons. The molecule has 1 aliphatic carbocycles. The summed E-state index contributed by atoms with van der Waals surface area (Å²) >= 11 is 6.03. The van der Waals surface area contributed by atoms with Crippen LogP contribution in [0.2, 0.25) is 5.02 Å². The van der Waals surface area contributed by atoms with E-state index < -0.39 is 0 Å². The molecule has 0 spiro atoms. The Labute approximate surface area is 151 Å². The zero-order valence-electron chi connectivity index (χ0n) is 13.6. The molecule has 1 aromatic heterocycles. The van der Waals surface area contributed by atoms with Gasteiger partial charge in [0.25, 0.3) is 5.91 Å². The fourth-order valence-corrected chi connectivity index (χ4v) is 3.15. The molecule has 0 radical (unpaired) electrons. The fourth-order valence-electron chi connectivity index (χ4n) is 2.93. The van der Waals surface area contributed by atoms with E-state index in [0.29, 0.717) is 22.0 Å². The number of nitrogens with zero attached hydrogens (tertiary/aromatic N) is 2. The first-order valence-corrected chi connectivity index (χ1v) is 8.61. The van der Waals surface area contributed by atoms with Crippen molar-refractivity contribution in [2.45, 2.75) is 37.8 Å². The average Bonchev–Trinajstić information content (AvgIpc) is 2.64. The summed E-state index contributed by atoms with van der Waals surface area (Å²) in [5.74, 6) is 0.536. The monoisotopic (exact) mass is 355 g/mol. The van der Waals surface area contributed by atoms with E-state index in [1.807, 2.05) is 6.07 Å². The van der Waals surface area contributed by atoms with Gasteiger partial charge in [-0.1, -0.05) is 17.7 Å². The van der Waals surface area contributed by atoms with Crippen LogP contribution in [0.1, 0.15) is 41.7 Å². The quantitative estimate of drug-likeness (QED) is 0.906. The summed E-state index contributed by atoms with van der Waals surface area (Å²) in [5.41, 5.74) is 0.878. The topological polar surface area (TPSA) is 75.0 Å². The molecular formula is C19H18ClN3O2. The predicted octanol–water partition coefficient (Wildman–Crippen LogP) is 3.73. The van der Waals surface area contributed by atoms with Crippen LogP contribution >= 0.6 is 11.6 Å². The van der Waals surface area contributed by atoms with Crippen molar-refractivity contribution in [2.75, 3.05) is 0 Å². The molecule has 25 heavy (non-hydrogen) atoms. The number of ether oxygens (including phenoxy) is 1. The molecule has 1 heterocycles. The molecular weight excluding hydrogens is 338 g/mol. The third kappa shape index (κ3) is 4.49. The second kappa shape index (κ2) is 8.00. The van der Waals surface area contributed by atoms with Gasteiger partial charge >= 0.3 is 0 Å². The number of rotatable bonds is 4. The fraction of sp³-hybridized carbons (Fsp3) is 0.316. The van der Waals surface area contributed by atoms with E-state index in [-0.39, 0.29) is 18.1 Å². The number of carbonyl (C=O) groups excluding carboxylic acids is 1. The molecule has 0 saturated heterocycles. The minimum Gasteiger partial charge on any atom is -0.490 e. The zero-order chi connectivity index (χ0) is 17.6. The maximum absolute atomic E-state index is 12.1. The minimum atomic E-state index is -0.135. The molecule has 0 unspecified atom stereocenters. The SMILES string of the molecule is N#Cc1ccc(O[C@H]2CC[C@H](NC(=O)c3ccccn3)CC2)cc1Cl. The molecule has 1 amide bonds. The number of benzene rings is 1. The molecule has 1 N–H and O–H groups in total. The number of amides is 1. The highest BCUT2D eigenvalue weighted by atomic mass is 35.5. The lowest BCUT2D eigenvalue weighted by Gasteiger charge is -2.29. The van der Waals surface area contributed by atoms with Gasteiger partial charge in [0, 0.05) is 18.3 Å². The highest BCUT2D eigenvalue weighted by Gasteiger charge is 2.24. The van der Waals surface area contributed by atoms with Crippen LogP contribution in [-0.2, 0) is 0 Å². The predicted molar refractivity (Wildman–Crippen MR) is 94.5 cm³/mol. The van der Waals surface area contributed by atoms with Crippen LogP contribution in [0.4, 0.5) is 0 Å². The first kappa shape index (κ1) is 17.2. The van der Waals surface area contributed by atoms with Gasteiger partial charge in [0.1, 0.15) is 17.5 Å². The van der Waals surface area contributed by atoms with Gasteiger partial charge in [0.05, 0.1) is 16.7 Å². The lowest BCUT2D eigenvalue weighted by molar-refractivity contribution is 0.0889. The van der Waals surface area contributed by atoms with Crippen molar-refractivity contribution in [3.8, 4) is 11.8 Å². The van der Waals surface area contributed by atoms with Gasteiger partial charge in [-0.05, 0) is 49.9 Å². The van der Waals surface area contributed by atoms with Gasteiger partial charge in [0.15, 0.2) is 0 Å². The van der Waals surface area contributed by atoms with Crippen molar-refractivity contribution < 1.29 is 9.53 Å². The Morgan fingerprint density at radius 2 is 2.04 bits per heavy atom. The number of nitriles is 1. The summed E-state index contributed by atoms with van der Waals surface area (Å²) in [5, 5.41) is 12.3. The molecule has 1 aromatic carbocycles. The third-order valence-electron chi connectivity index (χ3n) is 4.27. The van der Waals surface area contributed by atoms with E-state index >= 15 is 0 Å². The Morgan fingerprint density at radius 1 is 1.24 bits per heavy atom. The smallest absolute Gasteiger partial charge is 0.270 e. The van der Waals surface area contributed by atoms with Crippen LogP contribution in [0, 0.1) is 11.3 Å². The van der Waals surface area contributed by atoms with Gasteiger partial charge in [-0.25, -0.2) is 0 Å². The van der Waals surface area contributed by atoms with E-state index in [0.717, 1.165) is 25.7 Å². The van der Waals surface area contributed by atoms with Gasteiger partial charge in [0.2, 0.25) is 0 Å². The molecule has 0 bridgehead atoms. The van der Waals surface area contributed by atoms with Gasteiger partial charge in [-0.15, -0.1) is 0 Å². The van der Waals surface area contributed by atoms with Crippen LogP contribution < -0.4 is 10.1 Å². The van der Waals surface area contributed by atoms with Crippen molar-refractivity contribution in [3.05, 3.63) is 58.9 Å². The molecule has 1 fully saturated rings. The van der Waals surface area contributed by atoms with E-state index in [2.05, 4.69) is 10.3 Å². The summed E-state index contributed by atoms with van der Waals surface area (Å²) in [4.78, 5) is 16.2. The summed E-state index contributed by atoms with van der Waals surface area (Å²) < 4.78 is 5.95. The number of carbonyl (C=O) groups is 1. The van der Waals surface area contributed by atoms with Crippen LogP contribution in [0.15, 0.2) is 42.6 Å². The number of halogens is 1. The number of aromatic nitrogens is 1. The summed E-state index contributed by atoms with van der Waals surface area (Å²) in [6, 6.07) is 12.6. The molecule has 2 aromatic rings. The van der Waals surface area contributed by atoms with Crippen molar-refractivity contribution >= 4 is 17.5 Å². The molecule has 0 aliphatic heterocycles. The standard InChI is InChI=1S/C19H18ClN3O2/c20-17-11-16(7-4-13(17)12-21)25-15-8-5-14(6-9-15)23-19(24)18-3-1-2-10-22-18/h1-4,7,10-11,14-15H,5-6,8-9H2,(H,23,24)/t14-,15-. The molecule has 5 nitrogen and oxygen atoms in total. The summed E-state index contributed by atoms with van der Waals surface area (Å²) in [7, 11) is 0. The Bertz CT molecular complexity index is 781. The molecule has 3 rings (SSSR count). The number of hydrogen-bond donors (Lipinski definition) is 1. The highest BCUT2D eigenvalue weighted by Crippen LogP contribution is 2.27. The Kier molecular flexibility index (Phi) is 5.52. The molecule has 1 aliphatic rings. The summed E-state index contributed by atoms with van der Waals surface area (Å²) in [6.45, 7) is 0. The van der Waals surface area contributed by atoms with Gasteiger partial charge < -0.3 is 10.1 Å². The number of pyridine rings is 1. The number of hydrogen-bond acceptors (Lipinski definition) is 4. The van der Waals surface area contributed by atoms with Crippen LogP contribution in [-0.4, -0.2) is 23.0 Å². The number of nitrogens with one attached hydrogen (secondary N) is 1. The minimum absolute atomic E-state index is 0.0898. The average molecular weight is 356 g/mol. The maximum Gasteiger partial charge on any atom is 0.270 e. The van der Waals surface area contributed by atoms with E-state index in [9.17, 15) is 4.79 Å². The molecule has 0 atom stereocenters. The van der Waals surface area contributed by atoms with Crippen LogP contribution in [0.3, 0.4) is 0 Å². The van der Waals surface area contributed by atoms with Crippen molar-refractivity contribution in [1.29, 1.82) is 5.26 Å². The first-order chi connectivity index (χ1) is 12.2. The van der Waals surface area contributed by atoms with E-state index in [1.54, 1.807) is 42.6 Å². The molecule has 6 heteroatoms. The van der Waals surface area contributed by atoms with E-state index in [4.69, 9.17) is 21.6 Å². The third-order valence-corrected chi connectivity index (χ3v) is 4.58. The van der Waals surface area contributed by atoms with E-state index in [1.165, 1.54) is 0 Å². The largest absolute Gasteiger partial charge is 0.490 e. The molecule has 1 saturated carbocycles. The second-order valence-corrected chi connectivity index (χ2v) is 6.44. The second-order valence-electron chi connectivity index (χ2n) is 6.03. The maximum atomic E-state index is 12.1. The Hall–Kier alpha value is -2.58. The van der Waals surface area contributed by atoms with Crippen LogP contribution in [0.5, 0.6) is 5.75 Å². The van der Waals surface area contributed by atoms with Gasteiger partial charge in [-0.2, -0.15) is 5.26 Å². The Balaban J connectivity index is 1.50. The lowest BCUT2D eigenvalue weighted by Crippen LogP contribution is -2.40.